The Morgan fingerprint density at radius 2 is 0.758 bits per heavy atom. The summed E-state index contributed by atoms with van der Waals surface area (Å²) in [5, 5.41) is 38.8. The van der Waals surface area contributed by atoms with Crippen LogP contribution in [0.3, 0.4) is 0 Å². The topological polar surface area (TPSA) is 400 Å². The molecule has 0 aliphatic heterocycles. The Labute approximate surface area is 348 Å². The van der Waals surface area contributed by atoms with Gasteiger partial charge in [0.2, 0.25) is 0 Å². The van der Waals surface area contributed by atoms with Gasteiger partial charge < -0.3 is 20.8 Å². The number of carboxylic acid groups (broad SMARTS) is 2. The van der Waals surface area contributed by atoms with Crippen LogP contribution in [0.4, 0.5) is 34.1 Å². The number of benzene rings is 5. The number of carboxylic acids is 2. The predicted octanol–water partition coefficient (Wildman–Crippen LogP) is 5.41. The maximum Gasteiger partial charge on any atom is 0.337 e. The zero-order valence-electron chi connectivity index (χ0n) is 30.2. The third kappa shape index (κ3) is 11.1. The number of carbonyl (C=O) groups is 4. The van der Waals surface area contributed by atoms with Crippen LogP contribution in [-0.4, -0.2) is 85.8 Å². The number of amides is 2. The smallest absolute Gasteiger partial charge is 0.337 e. The van der Waals surface area contributed by atoms with Crippen LogP contribution in [0, 0.1) is 0 Å². The maximum atomic E-state index is 13.1. The van der Waals surface area contributed by atoms with Gasteiger partial charge in [0.25, 0.3) is 52.3 Å². The molecule has 0 aromatic heterocycles. The van der Waals surface area contributed by atoms with Crippen molar-refractivity contribution in [1.82, 2.24) is 0 Å². The van der Waals surface area contributed by atoms with E-state index in [2.05, 4.69) is 31.1 Å². The highest BCUT2D eigenvalue weighted by atomic mass is 32.2. The van der Waals surface area contributed by atoms with Crippen molar-refractivity contribution in [3.05, 3.63) is 119 Å². The molecule has 62 heavy (non-hydrogen) atoms. The average Bonchev–Trinajstić information content (AvgIpc) is 3.18. The van der Waals surface area contributed by atoms with Crippen LogP contribution >= 0.6 is 0 Å². The summed E-state index contributed by atoms with van der Waals surface area (Å²) >= 11 is 0. The second-order valence-electron chi connectivity index (χ2n) is 12.1. The third-order valence-corrected chi connectivity index (χ3v) is 11.4. The Hall–Kier alpha value is -7.18. The van der Waals surface area contributed by atoms with Crippen LogP contribution in [0.1, 0.15) is 41.4 Å². The van der Waals surface area contributed by atoms with E-state index in [9.17, 15) is 81.3 Å². The molecule has 0 spiro atoms. The normalized spacial score (nSPS) is 12.3. The molecule has 24 nitrogen and oxygen atoms in total. The molecule has 0 aliphatic rings. The molecule has 0 bridgehead atoms. The Bertz CT molecular complexity index is 3010. The first-order chi connectivity index (χ1) is 28.7. The Morgan fingerprint density at radius 3 is 1.05 bits per heavy atom. The Morgan fingerprint density at radius 1 is 0.419 bits per heavy atom. The summed E-state index contributed by atoms with van der Waals surface area (Å²) in [6, 6.07) is 14.7. The first kappa shape index (κ1) is 45.9. The molecule has 2 amide bonds. The predicted molar refractivity (Wildman–Crippen MR) is 210 cm³/mol. The largest absolute Gasteiger partial charge is 0.478 e. The van der Waals surface area contributed by atoms with E-state index in [1.165, 1.54) is 24.3 Å². The first-order valence-corrected chi connectivity index (χ1v) is 22.0. The summed E-state index contributed by atoms with van der Waals surface area (Å²) in [4.78, 5) is 46.9. The second kappa shape index (κ2) is 17.4. The summed E-state index contributed by atoms with van der Waals surface area (Å²) in [7, 11) is -19.6. The molecule has 0 saturated carbocycles. The van der Waals surface area contributed by atoms with E-state index in [4.69, 9.17) is 0 Å². The van der Waals surface area contributed by atoms with Crippen molar-refractivity contribution >= 4 is 98.3 Å². The van der Waals surface area contributed by atoms with Gasteiger partial charge in [-0.15, -0.1) is 10.2 Å². The Balaban J connectivity index is 1.32. The molecule has 0 radical (unpaired) electrons. The number of rotatable bonds is 14. The van der Waals surface area contributed by atoms with Crippen molar-refractivity contribution in [3.63, 3.8) is 0 Å². The number of nitrogens with one attached hydrogen (secondary N) is 2. The molecule has 0 atom stereocenters. The van der Waals surface area contributed by atoms with Crippen LogP contribution < -0.4 is 10.6 Å². The molecule has 0 heterocycles. The van der Waals surface area contributed by atoms with Gasteiger partial charge in [-0.2, -0.15) is 43.9 Å². The highest BCUT2D eigenvalue weighted by Crippen LogP contribution is 2.32. The number of nitrogens with zero attached hydrogens (tertiary/aromatic N) is 4. The third-order valence-electron chi connectivity index (χ3n) is 7.93. The van der Waals surface area contributed by atoms with Gasteiger partial charge in [-0.1, -0.05) is 0 Å². The fourth-order valence-electron chi connectivity index (χ4n) is 5.05. The monoisotopic (exact) mass is 932 g/mol. The lowest BCUT2D eigenvalue weighted by Crippen LogP contribution is -2.16. The minimum atomic E-state index is -4.97. The fraction of sp³-hybridized carbons (Fsp3) is 0. The average molecular weight is 933 g/mol. The van der Waals surface area contributed by atoms with E-state index in [0.29, 0.717) is 36.4 Å². The molecular weight excluding hydrogens is 909 g/mol. The molecule has 0 saturated heterocycles. The molecule has 0 aliphatic carbocycles. The van der Waals surface area contributed by atoms with Gasteiger partial charge in [0.1, 0.15) is 21.2 Å². The van der Waals surface area contributed by atoms with E-state index in [1.807, 2.05) is 0 Å². The minimum Gasteiger partial charge on any atom is -0.478 e. The van der Waals surface area contributed by atoms with Gasteiger partial charge in [0, 0.05) is 11.1 Å². The fourth-order valence-corrected chi connectivity index (χ4v) is 7.26. The summed E-state index contributed by atoms with van der Waals surface area (Å²) < 4.78 is 131. The summed E-state index contributed by atoms with van der Waals surface area (Å²) in [5.74, 6) is -4.91. The number of hydrogen-bond donors (Lipinski definition) is 8. The molecular formula is C34H24N6O18S4. The standard InChI is InChI=1S/C34H24N6O18S4/c41-31(35-25-9-5-19(13-23(25)33(43)44)37-39-27-15-21(59(47,48)49)7-11-29(27)61(53,54)55)17-1-2-18(4-3-17)32(42)36-26-10-6-20(14-24(26)34(45)46)38-40-28-16-22(60(50,51)52)8-12-30(28)62(56,57)58/h1-16H,(H,35,41)(H,36,42)(H,43,44)(H,45,46)(H,47,48,49)(H,50,51,52)(H,53,54,55)(H,56,57,58)/b39-37+,40-38+. The molecule has 5 aromatic rings. The zero-order chi connectivity index (χ0) is 45.9. The van der Waals surface area contributed by atoms with E-state index in [1.54, 1.807) is 0 Å². The van der Waals surface area contributed by atoms with E-state index in [0.717, 1.165) is 36.4 Å². The molecule has 8 N–H and O–H groups in total. The number of aromatic carboxylic acids is 2. The number of anilines is 2. The zero-order valence-corrected chi connectivity index (χ0v) is 33.5. The van der Waals surface area contributed by atoms with E-state index < -0.39 is 106 Å². The quantitative estimate of drug-likeness (QED) is 0.0510. The van der Waals surface area contributed by atoms with Crippen molar-refractivity contribution < 1.29 is 81.3 Å². The number of azo groups is 2. The van der Waals surface area contributed by atoms with Crippen molar-refractivity contribution in [1.29, 1.82) is 0 Å². The lowest BCUT2D eigenvalue weighted by atomic mass is 10.1. The van der Waals surface area contributed by atoms with Crippen molar-refractivity contribution in [2.75, 3.05) is 10.6 Å². The van der Waals surface area contributed by atoms with E-state index in [-0.39, 0.29) is 33.9 Å². The van der Waals surface area contributed by atoms with Gasteiger partial charge in [0.05, 0.1) is 43.7 Å². The molecule has 322 valence electrons. The molecule has 5 rings (SSSR count). The van der Waals surface area contributed by atoms with E-state index >= 15 is 0 Å². The molecule has 28 heteroatoms. The number of hydrogen-bond acceptors (Lipinski definition) is 16. The summed E-state index contributed by atoms with van der Waals surface area (Å²) in [5.41, 5.74) is -3.82. The van der Waals surface area contributed by atoms with Gasteiger partial charge in [-0.05, 0) is 97.1 Å². The Kier molecular flexibility index (Phi) is 12.9. The van der Waals surface area contributed by atoms with Crippen molar-refractivity contribution in [3.8, 4) is 0 Å². The SMILES string of the molecule is O=C(Nc1ccc(/N=N/c2cc(S(=O)(=O)O)ccc2S(=O)(=O)O)cc1C(=O)O)c1ccc(C(=O)Nc2ccc(/N=N/c3cc(S(=O)(=O)O)ccc3S(=O)(=O)O)cc2C(=O)O)cc1. The summed E-state index contributed by atoms with van der Waals surface area (Å²) in [6.07, 6.45) is 0. The molecule has 5 aromatic carbocycles. The van der Waals surface area contributed by atoms with Crippen LogP contribution in [0.25, 0.3) is 0 Å². The first-order valence-electron chi connectivity index (χ1n) is 16.2. The van der Waals surface area contributed by atoms with Gasteiger partial charge in [0.15, 0.2) is 0 Å². The van der Waals surface area contributed by atoms with Crippen LogP contribution in [0.5, 0.6) is 0 Å². The maximum absolute atomic E-state index is 13.1. The van der Waals surface area contributed by atoms with Crippen LogP contribution in [-0.2, 0) is 40.5 Å². The van der Waals surface area contributed by atoms with Crippen LogP contribution in [0.2, 0.25) is 0 Å². The van der Waals surface area contributed by atoms with Crippen LogP contribution in [0.15, 0.2) is 137 Å². The molecule has 0 unspecified atom stereocenters. The highest BCUT2D eigenvalue weighted by Gasteiger charge is 2.23. The van der Waals surface area contributed by atoms with Crippen molar-refractivity contribution in [2.24, 2.45) is 20.5 Å². The highest BCUT2D eigenvalue weighted by molar-refractivity contribution is 7.87. The minimum absolute atomic E-state index is 0.0988. The van der Waals surface area contributed by atoms with Gasteiger partial charge in [-0.3, -0.25) is 27.8 Å². The molecule has 0 fully saturated rings. The van der Waals surface area contributed by atoms with Gasteiger partial charge in [-0.25, -0.2) is 9.59 Å². The second-order valence-corrected chi connectivity index (χ2v) is 17.7. The van der Waals surface area contributed by atoms with Gasteiger partial charge >= 0.3 is 11.9 Å². The van der Waals surface area contributed by atoms with Crippen molar-refractivity contribution in [2.45, 2.75) is 19.6 Å². The lowest BCUT2D eigenvalue weighted by Gasteiger charge is -2.11. The lowest BCUT2D eigenvalue weighted by molar-refractivity contribution is 0.0687. The summed E-state index contributed by atoms with van der Waals surface area (Å²) in [6.45, 7) is 0. The number of carbonyl (C=O) groups excluding carboxylic acids is 2.